The fourth-order valence-corrected chi connectivity index (χ4v) is 3.94. The molecule has 2 bridgehead atoms. The van der Waals surface area contributed by atoms with E-state index in [2.05, 4.69) is 5.32 Å². The normalized spacial score (nSPS) is 28.8. The molecule has 0 spiro atoms. The van der Waals surface area contributed by atoms with Crippen LogP contribution >= 0.6 is 0 Å². The lowest BCUT2D eigenvalue weighted by atomic mass is 9.84. The van der Waals surface area contributed by atoms with Gasteiger partial charge in [-0.25, -0.2) is 0 Å². The number of hydrogen-bond acceptors (Lipinski definition) is 3. The first-order valence-corrected chi connectivity index (χ1v) is 8.15. The number of carbonyl (C=O) groups is 1. The largest absolute Gasteiger partial charge is 0.484 e. The van der Waals surface area contributed by atoms with Gasteiger partial charge in [0, 0.05) is 12.6 Å². The van der Waals surface area contributed by atoms with E-state index in [1.54, 1.807) is 12.1 Å². The summed E-state index contributed by atoms with van der Waals surface area (Å²) in [6.45, 7) is -1.08. The number of fused-ring (bicyclic) bond motifs is 2. The fraction of sp³-hybridized carbons (Fsp3) is 0.588. The van der Waals surface area contributed by atoms with Gasteiger partial charge in [0.05, 0.1) is 5.92 Å². The van der Waals surface area contributed by atoms with Crippen molar-refractivity contribution < 1.29 is 22.7 Å². The quantitative estimate of drug-likeness (QED) is 0.865. The highest BCUT2D eigenvalue weighted by molar-refractivity contribution is 5.80. The number of carbonyl (C=O) groups excluding carboxylic acids is 1. The summed E-state index contributed by atoms with van der Waals surface area (Å²) in [5, 5.41) is 2.86. The number of alkyl halides is 3. The minimum Gasteiger partial charge on any atom is -0.484 e. The van der Waals surface area contributed by atoms with Crippen molar-refractivity contribution >= 4 is 5.91 Å². The lowest BCUT2D eigenvalue weighted by Crippen LogP contribution is -2.45. The molecule has 4 nitrogen and oxygen atoms in total. The summed E-state index contributed by atoms with van der Waals surface area (Å²) in [6, 6.07) is 6.23. The summed E-state index contributed by atoms with van der Waals surface area (Å²) in [5.41, 5.74) is 6.85. The molecule has 2 saturated carbocycles. The lowest BCUT2D eigenvalue weighted by molar-refractivity contribution is -0.153. The average molecular weight is 342 g/mol. The standard InChI is InChI=1S/C17H21F3N2O2/c18-17(19,20)9-24-13-3-1-2-10(6-13)8-22-16(23)14-11-4-5-12(7-11)15(14)21/h1-3,6,11-12,14-15H,4-5,7-9,21H2,(H,22,23). The third kappa shape index (κ3) is 3.83. The van der Waals surface area contributed by atoms with Gasteiger partial charge in [-0.3, -0.25) is 4.79 Å². The van der Waals surface area contributed by atoms with E-state index < -0.39 is 12.8 Å². The van der Waals surface area contributed by atoms with Crippen molar-refractivity contribution in [2.45, 2.75) is 38.0 Å². The Balaban J connectivity index is 1.54. The van der Waals surface area contributed by atoms with E-state index in [4.69, 9.17) is 10.5 Å². The van der Waals surface area contributed by atoms with Gasteiger partial charge in [-0.2, -0.15) is 13.2 Å². The molecule has 2 aliphatic carbocycles. The highest BCUT2D eigenvalue weighted by Crippen LogP contribution is 2.47. The van der Waals surface area contributed by atoms with Crippen LogP contribution in [0, 0.1) is 17.8 Å². The van der Waals surface area contributed by atoms with E-state index in [9.17, 15) is 18.0 Å². The highest BCUT2D eigenvalue weighted by Gasteiger charge is 2.48. The number of benzene rings is 1. The van der Waals surface area contributed by atoms with Crippen LogP contribution in [0.3, 0.4) is 0 Å². The molecule has 0 aromatic heterocycles. The van der Waals surface area contributed by atoms with Crippen molar-refractivity contribution in [1.82, 2.24) is 5.32 Å². The summed E-state index contributed by atoms with van der Waals surface area (Å²) in [7, 11) is 0. The van der Waals surface area contributed by atoms with E-state index in [1.165, 1.54) is 12.1 Å². The molecule has 24 heavy (non-hydrogen) atoms. The van der Waals surface area contributed by atoms with E-state index in [-0.39, 0.29) is 30.2 Å². The second-order valence-electron chi connectivity index (χ2n) is 6.71. The maximum absolute atomic E-state index is 12.4. The van der Waals surface area contributed by atoms with Gasteiger partial charge < -0.3 is 15.8 Å². The van der Waals surface area contributed by atoms with Crippen LogP contribution in [0.15, 0.2) is 24.3 Å². The van der Waals surface area contributed by atoms with Gasteiger partial charge in [0.25, 0.3) is 0 Å². The van der Waals surface area contributed by atoms with Crippen molar-refractivity contribution in [3.8, 4) is 5.75 Å². The van der Waals surface area contributed by atoms with E-state index in [0.717, 1.165) is 19.3 Å². The van der Waals surface area contributed by atoms with Gasteiger partial charge in [0.2, 0.25) is 5.91 Å². The van der Waals surface area contributed by atoms with Crippen LogP contribution in [0.5, 0.6) is 5.75 Å². The number of nitrogens with two attached hydrogens (primary N) is 1. The second kappa shape index (κ2) is 6.63. The molecular formula is C17H21F3N2O2. The Hall–Kier alpha value is -1.76. The zero-order valence-electron chi connectivity index (χ0n) is 13.2. The molecule has 4 unspecified atom stereocenters. The van der Waals surface area contributed by atoms with Crippen LogP contribution < -0.4 is 15.8 Å². The van der Waals surface area contributed by atoms with Gasteiger partial charge >= 0.3 is 6.18 Å². The maximum Gasteiger partial charge on any atom is 0.422 e. The number of rotatable bonds is 5. The second-order valence-corrected chi connectivity index (χ2v) is 6.71. The molecule has 3 N–H and O–H groups in total. The topological polar surface area (TPSA) is 64.4 Å². The number of ether oxygens (including phenoxy) is 1. The number of halogens is 3. The molecule has 1 aromatic carbocycles. The third-order valence-electron chi connectivity index (χ3n) is 5.05. The molecule has 1 amide bonds. The van der Waals surface area contributed by atoms with Crippen LogP contribution in [0.4, 0.5) is 13.2 Å². The van der Waals surface area contributed by atoms with E-state index >= 15 is 0 Å². The van der Waals surface area contributed by atoms with Gasteiger partial charge in [0.1, 0.15) is 5.75 Å². The van der Waals surface area contributed by atoms with Crippen LogP contribution in [0.2, 0.25) is 0 Å². The monoisotopic (exact) mass is 342 g/mol. The van der Waals surface area contributed by atoms with Crippen molar-refractivity contribution in [2.24, 2.45) is 23.5 Å². The molecule has 0 saturated heterocycles. The van der Waals surface area contributed by atoms with Crippen molar-refractivity contribution in [1.29, 1.82) is 0 Å². The van der Waals surface area contributed by atoms with Crippen LogP contribution in [-0.2, 0) is 11.3 Å². The Morgan fingerprint density at radius 3 is 2.71 bits per heavy atom. The molecule has 132 valence electrons. The first-order chi connectivity index (χ1) is 11.3. The van der Waals surface area contributed by atoms with E-state index in [0.29, 0.717) is 17.4 Å². The minimum absolute atomic E-state index is 0.0590. The maximum atomic E-state index is 12.4. The molecule has 3 rings (SSSR count). The molecule has 2 aliphatic rings. The lowest BCUT2D eigenvalue weighted by Gasteiger charge is -2.27. The predicted octanol–water partition coefficient (Wildman–Crippen LogP) is 2.62. The van der Waals surface area contributed by atoms with Gasteiger partial charge in [-0.05, 0) is 48.8 Å². The SMILES string of the molecule is NC1C2CCC(C2)C1C(=O)NCc1cccc(OCC(F)(F)F)c1. The average Bonchev–Trinajstić information content (AvgIpc) is 3.11. The van der Waals surface area contributed by atoms with Crippen molar-refractivity contribution in [3.63, 3.8) is 0 Å². The zero-order chi connectivity index (χ0) is 17.3. The molecule has 0 aliphatic heterocycles. The molecule has 7 heteroatoms. The molecule has 1 aromatic rings. The number of nitrogens with one attached hydrogen (secondary N) is 1. The molecule has 2 fully saturated rings. The summed E-state index contributed by atoms with van der Waals surface area (Å²) in [5.74, 6) is 0.747. The smallest absolute Gasteiger partial charge is 0.422 e. The van der Waals surface area contributed by atoms with Crippen LogP contribution in [-0.4, -0.2) is 24.7 Å². The Labute approximate surface area is 138 Å². The number of amides is 1. The first kappa shape index (κ1) is 17.1. The summed E-state index contributed by atoms with van der Waals surface area (Å²) < 4.78 is 41.3. The zero-order valence-corrected chi connectivity index (χ0v) is 13.2. The fourth-order valence-electron chi connectivity index (χ4n) is 3.94. The van der Waals surface area contributed by atoms with Crippen molar-refractivity contribution in [3.05, 3.63) is 29.8 Å². The molecular weight excluding hydrogens is 321 g/mol. The van der Waals surface area contributed by atoms with Gasteiger partial charge in [-0.1, -0.05) is 12.1 Å². The van der Waals surface area contributed by atoms with Crippen LogP contribution in [0.1, 0.15) is 24.8 Å². The minimum atomic E-state index is -4.37. The summed E-state index contributed by atoms with van der Waals surface area (Å²) in [4.78, 5) is 12.4. The summed E-state index contributed by atoms with van der Waals surface area (Å²) >= 11 is 0. The molecule has 4 atom stereocenters. The van der Waals surface area contributed by atoms with Crippen molar-refractivity contribution in [2.75, 3.05) is 6.61 Å². The molecule has 0 heterocycles. The first-order valence-electron chi connectivity index (χ1n) is 8.15. The Morgan fingerprint density at radius 1 is 1.29 bits per heavy atom. The molecule has 0 radical (unpaired) electrons. The predicted molar refractivity (Wildman–Crippen MR) is 82.1 cm³/mol. The van der Waals surface area contributed by atoms with E-state index in [1.807, 2.05) is 0 Å². The Bertz CT molecular complexity index is 604. The van der Waals surface area contributed by atoms with Gasteiger partial charge in [0.15, 0.2) is 6.61 Å². The van der Waals surface area contributed by atoms with Gasteiger partial charge in [-0.15, -0.1) is 0 Å². The Kier molecular flexibility index (Phi) is 4.71. The Morgan fingerprint density at radius 2 is 2.04 bits per heavy atom. The number of hydrogen-bond donors (Lipinski definition) is 2. The third-order valence-corrected chi connectivity index (χ3v) is 5.05. The van der Waals surface area contributed by atoms with Crippen LogP contribution in [0.25, 0.3) is 0 Å². The summed E-state index contributed by atoms with van der Waals surface area (Å²) in [6.07, 6.45) is -1.19. The highest BCUT2D eigenvalue weighted by atomic mass is 19.4.